The zero-order valence-electron chi connectivity index (χ0n) is 18.4. The summed E-state index contributed by atoms with van der Waals surface area (Å²) < 4.78 is 6.87. The summed E-state index contributed by atoms with van der Waals surface area (Å²) in [5.74, 6) is 0.789. The third-order valence-electron chi connectivity index (χ3n) is 6.93. The van der Waals surface area contributed by atoms with E-state index < -0.39 is 0 Å². The Labute approximate surface area is 177 Å². The van der Waals surface area contributed by atoms with E-state index in [1.807, 2.05) is 0 Å². The molecular weight excluding hydrogens is 354 g/mol. The van der Waals surface area contributed by atoms with Gasteiger partial charge in [0.25, 0.3) is 0 Å². The summed E-state index contributed by atoms with van der Waals surface area (Å²) >= 11 is 0. The Morgan fingerprint density at radius 2 is 1.52 bits per heavy atom. The molecule has 0 radical (unpaired) electrons. The van der Waals surface area contributed by atoms with Gasteiger partial charge in [0.05, 0.1) is 6.10 Å². The van der Waals surface area contributed by atoms with Crippen molar-refractivity contribution in [3.63, 3.8) is 0 Å². The Kier molecular flexibility index (Phi) is 6.72. The lowest BCUT2D eigenvalue weighted by atomic mass is 9.96. The van der Waals surface area contributed by atoms with E-state index in [1.165, 1.54) is 55.3 Å². The standard InChI is InChI=1S/C27H37NO/c1-4-21-10-12-23(13-11-21)27(22-8-6-5-7-9-22)29-26-18-24-14-15-25(19-26)28(24)17-16-20(2)3/h5-13,20,24-27H,4,14-19H2,1-3H3/t24-,25+,26?,27?. The maximum absolute atomic E-state index is 6.87. The first-order chi connectivity index (χ1) is 14.1. The van der Waals surface area contributed by atoms with Gasteiger partial charge < -0.3 is 4.74 Å². The molecule has 2 fully saturated rings. The summed E-state index contributed by atoms with van der Waals surface area (Å²) in [4.78, 5) is 2.80. The predicted octanol–water partition coefficient (Wildman–Crippen LogP) is 6.40. The van der Waals surface area contributed by atoms with Gasteiger partial charge in [-0.05, 0) is 67.7 Å². The second kappa shape index (κ2) is 9.45. The molecule has 156 valence electrons. The smallest absolute Gasteiger partial charge is 0.108 e. The summed E-state index contributed by atoms with van der Waals surface area (Å²) in [7, 11) is 0. The number of rotatable bonds is 8. The van der Waals surface area contributed by atoms with Crippen molar-refractivity contribution in [2.24, 2.45) is 5.92 Å². The van der Waals surface area contributed by atoms with Crippen LogP contribution in [0.3, 0.4) is 0 Å². The number of hydrogen-bond acceptors (Lipinski definition) is 2. The van der Waals surface area contributed by atoms with Gasteiger partial charge in [-0.15, -0.1) is 0 Å². The summed E-state index contributed by atoms with van der Waals surface area (Å²) in [6.45, 7) is 8.15. The third kappa shape index (κ3) is 4.92. The van der Waals surface area contributed by atoms with Crippen LogP contribution in [0.15, 0.2) is 54.6 Å². The van der Waals surface area contributed by atoms with Crippen molar-refractivity contribution in [2.75, 3.05) is 6.54 Å². The van der Waals surface area contributed by atoms with Crippen molar-refractivity contribution in [1.29, 1.82) is 0 Å². The van der Waals surface area contributed by atoms with Crippen molar-refractivity contribution in [3.05, 3.63) is 71.3 Å². The highest BCUT2D eigenvalue weighted by molar-refractivity contribution is 5.32. The van der Waals surface area contributed by atoms with Crippen LogP contribution in [0, 0.1) is 5.92 Å². The SMILES string of the molecule is CCc1ccc(C(OC2C[C@H]3CC[C@@H](C2)N3CCC(C)C)c2ccccc2)cc1. The van der Waals surface area contributed by atoms with Crippen LogP contribution in [0.1, 0.15) is 75.7 Å². The molecule has 2 aliphatic heterocycles. The van der Waals surface area contributed by atoms with Gasteiger partial charge in [-0.25, -0.2) is 0 Å². The van der Waals surface area contributed by atoms with Gasteiger partial charge in [-0.1, -0.05) is 75.4 Å². The first-order valence-electron chi connectivity index (χ1n) is 11.7. The van der Waals surface area contributed by atoms with E-state index in [9.17, 15) is 0 Å². The minimum absolute atomic E-state index is 0.0359. The molecule has 29 heavy (non-hydrogen) atoms. The Morgan fingerprint density at radius 1 is 0.897 bits per heavy atom. The molecule has 0 amide bonds. The second-order valence-corrected chi connectivity index (χ2v) is 9.42. The first kappa shape index (κ1) is 20.6. The van der Waals surface area contributed by atoms with Crippen LogP contribution in [-0.2, 0) is 11.2 Å². The zero-order chi connectivity index (χ0) is 20.2. The lowest BCUT2D eigenvalue weighted by Gasteiger charge is -2.40. The molecule has 2 aromatic rings. The average Bonchev–Trinajstić information content (AvgIpc) is 2.99. The van der Waals surface area contributed by atoms with Gasteiger partial charge >= 0.3 is 0 Å². The minimum atomic E-state index is 0.0359. The molecule has 0 N–H and O–H groups in total. The number of aryl methyl sites for hydroxylation is 1. The minimum Gasteiger partial charge on any atom is -0.365 e. The number of benzene rings is 2. The van der Waals surface area contributed by atoms with Crippen molar-refractivity contribution >= 4 is 0 Å². The average molecular weight is 392 g/mol. The monoisotopic (exact) mass is 391 g/mol. The van der Waals surface area contributed by atoms with Crippen LogP contribution in [-0.4, -0.2) is 29.6 Å². The quantitative estimate of drug-likeness (QED) is 0.516. The fourth-order valence-corrected chi connectivity index (χ4v) is 5.21. The molecule has 4 atom stereocenters. The van der Waals surface area contributed by atoms with Gasteiger partial charge in [-0.3, -0.25) is 4.90 Å². The van der Waals surface area contributed by atoms with Crippen LogP contribution in [0.2, 0.25) is 0 Å². The molecule has 2 bridgehead atoms. The maximum Gasteiger partial charge on any atom is 0.108 e. The fourth-order valence-electron chi connectivity index (χ4n) is 5.21. The van der Waals surface area contributed by atoms with E-state index in [1.54, 1.807) is 0 Å². The number of nitrogens with zero attached hydrogens (tertiary/aromatic N) is 1. The molecule has 0 aliphatic carbocycles. The Morgan fingerprint density at radius 3 is 2.10 bits per heavy atom. The van der Waals surface area contributed by atoms with E-state index in [0.717, 1.165) is 24.4 Å². The second-order valence-electron chi connectivity index (χ2n) is 9.42. The van der Waals surface area contributed by atoms with E-state index >= 15 is 0 Å². The molecule has 0 saturated carbocycles. The molecular formula is C27H37NO. The molecule has 0 aromatic heterocycles. The van der Waals surface area contributed by atoms with Crippen LogP contribution in [0.5, 0.6) is 0 Å². The predicted molar refractivity (Wildman–Crippen MR) is 121 cm³/mol. The Hall–Kier alpha value is -1.64. The molecule has 2 aromatic carbocycles. The largest absolute Gasteiger partial charge is 0.365 e. The summed E-state index contributed by atoms with van der Waals surface area (Å²) in [6, 6.07) is 21.3. The van der Waals surface area contributed by atoms with Crippen molar-refractivity contribution in [3.8, 4) is 0 Å². The third-order valence-corrected chi connectivity index (χ3v) is 6.93. The lowest BCUT2D eigenvalue weighted by Crippen LogP contribution is -2.46. The molecule has 2 heteroatoms. The van der Waals surface area contributed by atoms with Crippen molar-refractivity contribution in [2.45, 2.75) is 83.6 Å². The van der Waals surface area contributed by atoms with Crippen LogP contribution >= 0.6 is 0 Å². The Bertz CT molecular complexity index is 740. The molecule has 2 aliphatic rings. The van der Waals surface area contributed by atoms with E-state index in [-0.39, 0.29) is 6.10 Å². The summed E-state index contributed by atoms with van der Waals surface area (Å²) in [5, 5.41) is 0. The number of piperidine rings is 1. The van der Waals surface area contributed by atoms with E-state index in [4.69, 9.17) is 4.74 Å². The lowest BCUT2D eigenvalue weighted by molar-refractivity contribution is -0.0488. The zero-order valence-corrected chi connectivity index (χ0v) is 18.4. The van der Waals surface area contributed by atoms with Gasteiger partial charge in [0.2, 0.25) is 0 Å². The van der Waals surface area contributed by atoms with Crippen molar-refractivity contribution < 1.29 is 4.74 Å². The first-order valence-corrected chi connectivity index (χ1v) is 11.7. The normalized spacial score (nSPS) is 25.4. The van der Waals surface area contributed by atoms with Gasteiger partial charge in [0.1, 0.15) is 6.10 Å². The topological polar surface area (TPSA) is 12.5 Å². The fraction of sp³-hybridized carbons (Fsp3) is 0.556. The highest BCUT2D eigenvalue weighted by Crippen LogP contribution is 2.40. The molecule has 2 unspecified atom stereocenters. The molecule has 2 nitrogen and oxygen atoms in total. The molecule has 2 heterocycles. The van der Waals surface area contributed by atoms with E-state index in [0.29, 0.717) is 6.10 Å². The van der Waals surface area contributed by atoms with Crippen LogP contribution in [0.25, 0.3) is 0 Å². The molecule has 2 saturated heterocycles. The van der Waals surface area contributed by atoms with Crippen molar-refractivity contribution in [1.82, 2.24) is 4.90 Å². The van der Waals surface area contributed by atoms with Gasteiger partial charge in [0.15, 0.2) is 0 Å². The van der Waals surface area contributed by atoms with Gasteiger partial charge in [0, 0.05) is 12.1 Å². The molecule has 4 rings (SSSR count). The molecule has 0 spiro atoms. The maximum atomic E-state index is 6.87. The summed E-state index contributed by atoms with van der Waals surface area (Å²) in [6.07, 6.45) is 7.86. The Balaban J connectivity index is 1.49. The van der Waals surface area contributed by atoms with Crippen LogP contribution < -0.4 is 0 Å². The number of ether oxygens (including phenoxy) is 1. The highest BCUT2D eigenvalue weighted by atomic mass is 16.5. The van der Waals surface area contributed by atoms with Crippen LogP contribution in [0.4, 0.5) is 0 Å². The number of hydrogen-bond donors (Lipinski definition) is 0. The summed E-state index contributed by atoms with van der Waals surface area (Å²) in [5.41, 5.74) is 3.94. The van der Waals surface area contributed by atoms with Gasteiger partial charge in [-0.2, -0.15) is 0 Å². The number of fused-ring (bicyclic) bond motifs is 2. The van der Waals surface area contributed by atoms with E-state index in [2.05, 4.69) is 80.3 Å². The highest BCUT2D eigenvalue weighted by Gasteiger charge is 2.41.